The normalized spacial score (nSPS) is 11.2. The highest BCUT2D eigenvalue weighted by Crippen LogP contribution is 2.30. The van der Waals surface area contributed by atoms with Crippen molar-refractivity contribution in [3.8, 4) is 0 Å². The number of aromatic nitrogens is 1. The van der Waals surface area contributed by atoms with Gasteiger partial charge in [-0.15, -0.1) is 13.2 Å². The molecule has 1 atom stereocenters. The Labute approximate surface area is 139 Å². The van der Waals surface area contributed by atoms with Crippen LogP contribution in [-0.4, -0.2) is 17.1 Å². The predicted octanol–water partition coefficient (Wildman–Crippen LogP) is 3.88. The number of aliphatic hydroxyl groups excluding tert-OH is 1. The molecule has 2 aromatic rings. The monoisotopic (exact) mass is 336 g/mol. The van der Waals surface area contributed by atoms with Gasteiger partial charge in [-0.1, -0.05) is 6.58 Å². The number of hydrogen-bond donors (Lipinski definition) is 2. The van der Waals surface area contributed by atoms with Gasteiger partial charge in [0.25, 0.3) is 0 Å². The predicted molar refractivity (Wildman–Crippen MR) is 88.7 cm³/mol. The zero-order valence-corrected chi connectivity index (χ0v) is 13.5. The van der Waals surface area contributed by atoms with Crippen LogP contribution in [0.4, 0.5) is 13.2 Å². The lowest BCUT2D eigenvalue weighted by atomic mass is 9.97. The first-order valence-electron chi connectivity index (χ1n) is 7.01. The number of rotatable bonds is 4. The maximum absolute atomic E-state index is 13.8. The molecule has 0 fully saturated rings. The van der Waals surface area contributed by atoms with Crippen LogP contribution < -0.4 is 5.32 Å². The highest BCUT2D eigenvalue weighted by Gasteiger charge is 2.24. The molecule has 1 unspecified atom stereocenters. The minimum atomic E-state index is -1.65. The fourth-order valence-corrected chi connectivity index (χ4v) is 2.09. The molecule has 0 saturated heterocycles. The molecule has 3 nitrogen and oxygen atoms in total. The summed E-state index contributed by atoms with van der Waals surface area (Å²) < 4.78 is 40.8. The summed E-state index contributed by atoms with van der Waals surface area (Å²) in [5.41, 5.74) is 1.11. The van der Waals surface area contributed by atoms with Crippen molar-refractivity contribution in [2.45, 2.75) is 13.0 Å². The van der Waals surface area contributed by atoms with Crippen molar-refractivity contribution in [3.05, 3.63) is 84.0 Å². The number of benzene rings is 1. The number of nitrogens with one attached hydrogen (secondary N) is 1. The molecule has 2 rings (SSSR count). The second-order valence-corrected chi connectivity index (χ2v) is 4.81. The first-order chi connectivity index (χ1) is 11.4. The molecule has 1 aromatic carbocycles. The van der Waals surface area contributed by atoms with Crippen LogP contribution >= 0.6 is 0 Å². The third kappa shape index (κ3) is 3.83. The summed E-state index contributed by atoms with van der Waals surface area (Å²) in [6.07, 6.45) is -0.359. The van der Waals surface area contributed by atoms with E-state index in [2.05, 4.69) is 30.0 Å². The van der Waals surface area contributed by atoms with Crippen molar-refractivity contribution in [1.29, 1.82) is 0 Å². The summed E-state index contributed by atoms with van der Waals surface area (Å²) in [5, 5.41) is 13.0. The molecule has 24 heavy (non-hydrogen) atoms. The second kappa shape index (κ2) is 8.31. The Morgan fingerprint density at radius 2 is 1.79 bits per heavy atom. The van der Waals surface area contributed by atoms with Gasteiger partial charge in [-0.25, -0.2) is 13.2 Å². The molecule has 128 valence electrons. The van der Waals surface area contributed by atoms with Gasteiger partial charge in [-0.3, -0.25) is 4.98 Å². The summed E-state index contributed by atoms with van der Waals surface area (Å²) in [7, 11) is 1.68. The van der Waals surface area contributed by atoms with Crippen molar-refractivity contribution < 1.29 is 18.3 Å². The highest BCUT2D eigenvalue weighted by atomic mass is 19.2. The Balaban J connectivity index is 0.00000139. The van der Waals surface area contributed by atoms with Gasteiger partial charge in [-0.05, 0) is 30.7 Å². The lowest BCUT2D eigenvalue weighted by Gasteiger charge is -2.16. The average Bonchev–Trinajstić information content (AvgIpc) is 2.59. The van der Waals surface area contributed by atoms with Crippen molar-refractivity contribution in [2.75, 3.05) is 7.05 Å². The number of hydrogen-bond acceptors (Lipinski definition) is 3. The van der Waals surface area contributed by atoms with Crippen LogP contribution in [0.2, 0.25) is 0 Å². The molecular formula is C18H19F3N2O. The zero-order chi connectivity index (χ0) is 18.4. The molecule has 1 aromatic heterocycles. The Morgan fingerprint density at radius 1 is 1.21 bits per heavy atom. The van der Waals surface area contributed by atoms with E-state index in [0.29, 0.717) is 23.0 Å². The lowest BCUT2D eigenvalue weighted by Crippen LogP contribution is -2.11. The number of halogens is 3. The number of pyridine rings is 1. The number of aliphatic hydroxyl groups is 1. The van der Waals surface area contributed by atoms with Gasteiger partial charge in [0, 0.05) is 18.8 Å². The van der Waals surface area contributed by atoms with Crippen LogP contribution in [0.5, 0.6) is 0 Å². The van der Waals surface area contributed by atoms with E-state index in [1.54, 1.807) is 20.0 Å². The van der Waals surface area contributed by atoms with Gasteiger partial charge < -0.3 is 10.4 Å². The standard InChI is InChI=1S/C16H15F3N2O.C2H4/c1-8-6-13(9(2)20-3)21-7-10(8)16(22)14-11(17)4-5-12(18)15(14)19;1-2/h4-7,16,20,22H,2H2,1,3H3;1-2H2. The van der Waals surface area contributed by atoms with Crippen molar-refractivity contribution in [3.63, 3.8) is 0 Å². The van der Waals surface area contributed by atoms with Crippen molar-refractivity contribution in [2.24, 2.45) is 0 Å². The topological polar surface area (TPSA) is 45.1 Å². The molecule has 0 amide bonds. The van der Waals surface area contributed by atoms with Crippen molar-refractivity contribution in [1.82, 2.24) is 10.3 Å². The van der Waals surface area contributed by atoms with Crippen LogP contribution in [0.1, 0.15) is 28.5 Å². The quantitative estimate of drug-likeness (QED) is 0.658. The van der Waals surface area contributed by atoms with Crippen LogP contribution in [0.25, 0.3) is 5.70 Å². The molecule has 6 heteroatoms. The van der Waals surface area contributed by atoms with E-state index < -0.39 is 29.1 Å². The molecule has 2 N–H and O–H groups in total. The largest absolute Gasteiger partial charge is 0.387 e. The van der Waals surface area contributed by atoms with Crippen LogP contribution in [0.15, 0.2) is 44.1 Å². The molecule has 1 heterocycles. The van der Waals surface area contributed by atoms with Gasteiger partial charge in [-0.2, -0.15) is 0 Å². The summed E-state index contributed by atoms with van der Waals surface area (Å²) in [6, 6.07) is 3.06. The third-order valence-electron chi connectivity index (χ3n) is 3.41. The molecule has 0 bridgehead atoms. The first kappa shape index (κ1) is 19.4. The maximum Gasteiger partial charge on any atom is 0.167 e. The molecule has 0 saturated carbocycles. The summed E-state index contributed by atoms with van der Waals surface area (Å²) >= 11 is 0. The van der Waals surface area contributed by atoms with Gasteiger partial charge in [0.05, 0.1) is 17.0 Å². The van der Waals surface area contributed by atoms with E-state index in [0.717, 1.165) is 6.07 Å². The fraction of sp³-hybridized carbons (Fsp3) is 0.167. The second-order valence-electron chi connectivity index (χ2n) is 4.81. The minimum Gasteiger partial charge on any atom is -0.387 e. The van der Waals surface area contributed by atoms with E-state index in [9.17, 15) is 18.3 Å². The molecular weight excluding hydrogens is 317 g/mol. The van der Waals surface area contributed by atoms with Crippen LogP contribution in [-0.2, 0) is 0 Å². The summed E-state index contributed by atoms with van der Waals surface area (Å²) in [5.74, 6) is -3.65. The minimum absolute atomic E-state index is 0.191. The third-order valence-corrected chi connectivity index (χ3v) is 3.41. The molecule has 0 aliphatic rings. The van der Waals surface area contributed by atoms with Gasteiger partial charge >= 0.3 is 0 Å². The van der Waals surface area contributed by atoms with E-state index in [1.165, 1.54) is 6.20 Å². The number of aryl methyl sites for hydroxylation is 1. The number of nitrogens with zero attached hydrogens (tertiary/aromatic N) is 1. The van der Waals surface area contributed by atoms with Crippen LogP contribution in [0.3, 0.4) is 0 Å². The Morgan fingerprint density at radius 3 is 2.33 bits per heavy atom. The Hall–Kier alpha value is -2.60. The van der Waals surface area contributed by atoms with Crippen molar-refractivity contribution >= 4 is 5.70 Å². The zero-order valence-electron chi connectivity index (χ0n) is 13.5. The summed E-state index contributed by atoms with van der Waals surface area (Å²) in [6.45, 7) is 11.4. The molecule has 0 aliphatic carbocycles. The van der Waals surface area contributed by atoms with E-state index in [-0.39, 0.29) is 5.56 Å². The van der Waals surface area contributed by atoms with E-state index in [4.69, 9.17) is 0 Å². The van der Waals surface area contributed by atoms with Crippen LogP contribution in [0, 0.1) is 24.4 Å². The van der Waals surface area contributed by atoms with E-state index in [1.807, 2.05) is 0 Å². The van der Waals surface area contributed by atoms with Gasteiger partial charge in [0.15, 0.2) is 11.6 Å². The first-order valence-corrected chi connectivity index (χ1v) is 7.01. The maximum atomic E-state index is 13.8. The van der Waals surface area contributed by atoms with Gasteiger partial charge in [0.2, 0.25) is 0 Å². The Bertz CT molecular complexity index is 747. The highest BCUT2D eigenvalue weighted by molar-refractivity contribution is 5.59. The van der Waals surface area contributed by atoms with E-state index >= 15 is 0 Å². The smallest absolute Gasteiger partial charge is 0.167 e. The summed E-state index contributed by atoms with van der Waals surface area (Å²) in [4.78, 5) is 4.08. The van der Waals surface area contributed by atoms with Gasteiger partial charge in [0.1, 0.15) is 11.9 Å². The fourth-order valence-electron chi connectivity index (χ4n) is 2.09. The SMILES string of the molecule is C=C.C=C(NC)c1cc(C)c(C(O)c2c(F)ccc(F)c2F)cn1. The molecule has 0 spiro atoms. The lowest BCUT2D eigenvalue weighted by molar-refractivity contribution is 0.206. The average molecular weight is 336 g/mol. The Kier molecular flexibility index (Phi) is 6.73. The molecule has 0 radical (unpaired) electrons. The molecule has 0 aliphatic heterocycles.